The molecule has 0 saturated heterocycles. The van der Waals surface area contributed by atoms with Crippen molar-refractivity contribution in [2.45, 2.75) is 33.2 Å². The fourth-order valence-corrected chi connectivity index (χ4v) is 2.45. The lowest BCUT2D eigenvalue weighted by molar-refractivity contribution is 0.0945. The number of nitrogens with two attached hydrogens (primary N) is 2. The number of hydrogen-bond donors (Lipinski definition) is 3. The molecule has 2 aromatic rings. The van der Waals surface area contributed by atoms with E-state index in [9.17, 15) is 9.18 Å². The fraction of sp³-hybridized carbons (Fsp3) is 0.333. The molecule has 2 rings (SSSR count). The molecule has 0 radical (unpaired) electrons. The molecule has 0 aliphatic carbocycles. The van der Waals surface area contributed by atoms with E-state index in [1.165, 1.54) is 19.2 Å². The lowest BCUT2D eigenvalue weighted by atomic mass is 10.00. The van der Waals surface area contributed by atoms with Crippen LogP contribution in [0.25, 0.3) is 0 Å². The fourth-order valence-electron chi connectivity index (χ4n) is 2.45. The Balaban J connectivity index is 2.17. The van der Waals surface area contributed by atoms with Crippen LogP contribution in [-0.4, -0.2) is 33.9 Å². The number of hydrogen-bond acceptors (Lipinski definition) is 6. The molecule has 0 fully saturated rings. The van der Waals surface area contributed by atoms with E-state index in [1.54, 1.807) is 19.1 Å². The van der Waals surface area contributed by atoms with Gasteiger partial charge in [-0.2, -0.15) is 0 Å². The highest BCUT2D eigenvalue weighted by molar-refractivity contribution is 5.99. The molecule has 0 atom stereocenters. The maximum atomic E-state index is 13.8. The van der Waals surface area contributed by atoms with Crippen LogP contribution in [-0.2, 0) is 6.54 Å². The number of hydrazine groups is 1. The van der Waals surface area contributed by atoms with E-state index < -0.39 is 5.91 Å². The summed E-state index contributed by atoms with van der Waals surface area (Å²) in [5.41, 5.74) is 7.69. The molecule has 1 heterocycles. The summed E-state index contributed by atoms with van der Waals surface area (Å²) in [6, 6.07) is 6.23. The van der Waals surface area contributed by atoms with E-state index in [0.717, 1.165) is 10.7 Å². The predicted octanol–water partition coefficient (Wildman–Crippen LogP) is 1.40. The number of benzene rings is 1. The SMILES string of the molecule is Cc1nc(C(=O)NCc2ccc(F)c(C(C)C)c2)cc(/C(N)=N/N(C)N)n1. The molecule has 144 valence electrons. The van der Waals surface area contributed by atoms with Gasteiger partial charge in [0.2, 0.25) is 0 Å². The van der Waals surface area contributed by atoms with Crippen LogP contribution in [0.1, 0.15) is 52.9 Å². The highest BCUT2D eigenvalue weighted by Crippen LogP contribution is 2.19. The average Bonchev–Trinajstić information content (AvgIpc) is 2.59. The number of halogens is 1. The number of amides is 1. The smallest absolute Gasteiger partial charge is 0.270 e. The summed E-state index contributed by atoms with van der Waals surface area (Å²) in [7, 11) is 1.52. The zero-order valence-electron chi connectivity index (χ0n) is 15.8. The Bertz CT molecular complexity index is 865. The van der Waals surface area contributed by atoms with Crippen molar-refractivity contribution in [1.29, 1.82) is 0 Å². The van der Waals surface area contributed by atoms with Gasteiger partial charge in [-0.25, -0.2) is 25.3 Å². The molecular weight excluding hydrogens is 349 g/mol. The van der Waals surface area contributed by atoms with E-state index in [0.29, 0.717) is 17.1 Å². The molecule has 1 amide bonds. The Kier molecular flexibility index (Phi) is 6.40. The first-order valence-electron chi connectivity index (χ1n) is 8.42. The van der Waals surface area contributed by atoms with Crippen molar-refractivity contribution in [1.82, 2.24) is 20.4 Å². The van der Waals surface area contributed by atoms with Gasteiger partial charge in [-0.3, -0.25) is 4.79 Å². The molecule has 9 heteroatoms. The van der Waals surface area contributed by atoms with Crippen LogP contribution in [0.5, 0.6) is 0 Å². The van der Waals surface area contributed by atoms with E-state index in [2.05, 4.69) is 20.4 Å². The maximum absolute atomic E-state index is 13.8. The monoisotopic (exact) mass is 373 g/mol. The van der Waals surface area contributed by atoms with Gasteiger partial charge in [0, 0.05) is 13.6 Å². The van der Waals surface area contributed by atoms with Gasteiger partial charge in [0.05, 0.1) is 0 Å². The van der Waals surface area contributed by atoms with Crippen LogP contribution >= 0.6 is 0 Å². The Morgan fingerprint density at radius 2 is 1.96 bits per heavy atom. The molecule has 1 aromatic heterocycles. The first kappa shape index (κ1) is 20.2. The number of amidine groups is 1. The molecule has 1 aromatic carbocycles. The van der Waals surface area contributed by atoms with Crippen molar-refractivity contribution in [2.75, 3.05) is 7.05 Å². The van der Waals surface area contributed by atoms with Gasteiger partial charge in [0.1, 0.15) is 23.0 Å². The third-order valence-electron chi connectivity index (χ3n) is 3.73. The normalized spacial score (nSPS) is 11.6. The molecule has 0 aliphatic heterocycles. The second kappa shape index (κ2) is 8.54. The first-order chi connectivity index (χ1) is 12.7. The molecular formula is C18H24FN7O. The van der Waals surface area contributed by atoms with Gasteiger partial charge in [0.15, 0.2) is 5.84 Å². The largest absolute Gasteiger partial charge is 0.380 e. The lowest BCUT2D eigenvalue weighted by Gasteiger charge is -2.11. The summed E-state index contributed by atoms with van der Waals surface area (Å²) in [6.07, 6.45) is 0. The molecule has 27 heavy (non-hydrogen) atoms. The van der Waals surface area contributed by atoms with Crippen molar-refractivity contribution >= 4 is 11.7 Å². The van der Waals surface area contributed by atoms with Crippen molar-refractivity contribution in [2.24, 2.45) is 16.7 Å². The third kappa shape index (κ3) is 5.45. The Morgan fingerprint density at radius 3 is 2.59 bits per heavy atom. The summed E-state index contributed by atoms with van der Waals surface area (Å²) in [4.78, 5) is 20.7. The molecule has 0 aliphatic rings. The quantitative estimate of drug-likeness (QED) is 0.304. The molecule has 0 spiro atoms. The highest BCUT2D eigenvalue weighted by atomic mass is 19.1. The molecule has 0 saturated carbocycles. The van der Waals surface area contributed by atoms with Crippen LogP contribution in [0.4, 0.5) is 4.39 Å². The van der Waals surface area contributed by atoms with Crippen LogP contribution < -0.4 is 16.9 Å². The maximum Gasteiger partial charge on any atom is 0.270 e. The molecule has 0 unspecified atom stereocenters. The van der Waals surface area contributed by atoms with E-state index in [1.807, 2.05) is 13.8 Å². The number of rotatable bonds is 6. The van der Waals surface area contributed by atoms with E-state index >= 15 is 0 Å². The zero-order chi connectivity index (χ0) is 20.1. The summed E-state index contributed by atoms with van der Waals surface area (Å²) < 4.78 is 13.8. The summed E-state index contributed by atoms with van der Waals surface area (Å²) in [6.45, 7) is 5.72. The summed E-state index contributed by atoms with van der Waals surface area (Å²) >= 11 is 0. The van der Waals surface area contributed by atoms with Crippen LogP contribution in [0, 0.1) is 12.7 Å². The third-order valence-corrected chi connectivity index (χ3v) is 3.73. The number of hydrazone groups is 1. The van der Waals surface area contributed by atoms with Crippen LogP contribution in [0.3, 0.4) is 0 Å². The lowest BCUT2D eigenvalue weighted by Crippen LogP contribution is -2.28. The molecule has 8 nitrogen and oxygen atoms in total. The molecule has 0 bridgehead atoms. The van der Waals surface area contributed by atoms with Crippen molar-refractivity contribution in [3.63, 3.8) is 0 Å². The van der Waals surface area contributed by atoms with Crippen molar-refractivity contribution in [3.05, 3.63) is 58.4 Å². The number of nitrogens with one attached hydrogen (secondary N) is 1. The van der Waals surface area contributed by atoms with Crippen LogP contribution in [0.15, 0.2) is 29.4 Å². The summed E-state index contributed by atoms with van der Waals surface area (Å²) in [5, 5.41) is 7.68. The minimum atomic E-state index is -0.397. The van der Waals surface area contributed by atoms with Crippen molar-refractivity contribution < 1.29 is 9.18 Å². The minimum absolute atomic E-state index is 0.0515. The topological polar surface area (TPSA) is 123 Å². The standard InChI is InChI=1S/C18H24FN7O/c1-10(2)13-7-12(5-6-14(13)19)9-22-18(27)16-8-15(23-11(3)24-16)17(20)25-26(4)21/h5-8,10H,9,21H2,1-4H3,(H2,20,25)(H,22,27). The van der Waals surface area contributed by atoms with Crippen LogP contribution in [0.2, 0.25) is 0 Å². The second-order valence-electron chi connectivity index (χ2n) is 6.44. The number of carbonyl (C=O) groups is 1. The number of carbonyl (C=O) groups excluding carboxylic acids is 1. The van der Waals surface area contributed by atoms with Gasteiger partial charge >= 0.3 is 0 Å². The summed E-state index contributed by atoms with van der Waals surface area (Å²) in [5.74, 6) is 5.28. The Hall–Kier alpha value is -3.07. The van der Waals surface area contributed by atoms with Crippen molar-refractivity contribution in [3.8, 4) is 0 Å². The van der Waals surface area contributed by atoms with Gasteiger partial charge in [-0.15, -0.1) is 5.10 Å². The Labute approximate surface area is 157 Å². The minimum Gasteiger partial charge on any atom is -0.380 e. The molecule has 5 N–H and O–H groups in total. The van der Waals surface area contributed by atoms with E-state index in [4.69, 9.17) is 11.6 Å². The number of nitrogens with zero attached hydrogens (tertiary/aromatic N) is 4. The van der Waals surface area contributed by atoms with E-state index in [-0.39, 0.29) is 29.8 Å². The second-order valence-corrected chi connectivity index (χ2v) is 6.44. The Morgan fingerprint density at radius 1 is 1.30 bits per heavy atom. The highest BCUT2D eigenvalue weighted by Gasteiger charge is 2.13. The number of aryl methyl sites for hydroxylation is 1. The average molecular weight is 373 g/mol. The number of aromatic nitrogens is 2. The van der Waals surface area contributed by atoms with Gasteiger partial charge in [-0.1, -0.05) is 26.0 Å². The first-order valence-corrected chi connectivity index (χ1v) is 8.42. The van der Waals surface area contributed by atoms with Gasteiger partial charge < -0.3 is 11.1 Å². The van der Waals surface area contributed by atoms with Gasteiger partial charge in [-0.05, 0) is 36.1 Å². The zero-order valence-corrected chi connectivity index (χ0v) is 15.8. The predicted molar refractivity (Wildman–Crippen MR) is 101 cm³/mol. The van der Waals surface area contributed by atoms with Gasteiger partial charge in [0.25, 0.3) is 5.91 Å².